The van der Waals surface area contributed by atoms with Gasteiger partial charge in [0.2, 0.25) is 0 Å². The number of nitrogens with zero attached hydrogens (tertiary/aromatic N) is 3. The number of aromatic nitrogens is 3. The fraction of sp³-hybridized carbons (Fsp3) is 0. The molecular weight excluding hydrogens is 200 g/mol. The third-order valence-electron chi connectivity index (χ3n) is 1.68. The standard InChI is InChI=1S/C9H7ClN4/c10-9-4-8(13-5-14-9)7-3-6(11)1-2-12-7/h1-5H,(H2,11,12). The van der Waals surface area contributed by atoms with Gasteiger partial charge in [-0.05, 0) is 12.1 Å². The minimum atomic E-state index is 0.388. The zero-order chi connectivity index (χ0) is 9.97. The Morgan fingerprint density at radius 3 is 2.57 bits per heavy atom. The third-order valence-corrected chi connectivity index (χ3v) is 1.89. The molecule has 70 valence electrons. The van der Waals surface area contributed by atoms with Gasteiger partial charge in [0.05, 0.1) is 11.4 Å². The van der Waals surface area contributed by atoms with E-state index in [0.29, 0.717) is 22.2 Å². The summed E-state index contributed by atoms with van der Waals surface area (Å²) in [6.07, 6.45) is 3.02. The van der Waals surface area contributed by atoms with Crippen molar-refractivity contribution in [2.24, 2.45) is 0 Å². The van der Waals surface area contributed by atoms with E-state index < -0.39 is 0 Å². The van der Waals surface area contributed by atoms with Gasteiger partial charge < -0.3 is 5.73 Å². The molecule has 0 radical (unpaired) electrons. The first-order valence-corrected chi connectivity index (χ1v) is 4.33. The minimum absolute atomic E-state index is 0.388. The number of nitrogens with two attached hydrogens (primary N) is 1. The van der Waals surface area contributed by atoms with Crippen molar-refractivity contribution in [2.75, 3.05) is 5.73 Å². The number of hydrogen-bond donors (Lipinski definition) is 1. The highest BCUT2D eigenvalue weighted by Gasteiger charge is 2.01. The molecule has 4 nitrogen and oxygen atoms in total. The summed E-state index contributed by atoms with van der Waals surface area (Å²) >= 11 is 5.72. The normalized spacial score (nSPS) is 10.1. The predicted octanol–water partition coefficient (Wildman–Crippen LogP) is 1.77. The van der Waals surface area contributed by atoms with Crippen molar-refractivity contribution in [2.45, 2.75) is 0 Å². The smallest absolute Gasteiger partial charge is 0.133 e. The highest BCUT2D eigenvalue weighted by atomic mass is 35.5. The molecule has 2 rings (SSSR count). The van der Waals surface area contributed by atoms with Crippen molar-refractivity contribution < 1.29 is 0 Å². The van der Waals surface area contributed by atoms with Gasteiger partial charge in [-0.1, -0.05) is 11.6 Å². The molecule has 0 saturated heterocycles. The molecule has 2 heterocycles. The topological polar surface area (TPSA) is 64.7 Å². The average molecular weight is 207 g/mol. The summed E-state index contributed by atoms with van der Waals surface area (Å²) in [5, 5.41) is 0.388. The summed E-state index contributed by atoms with van der Waals surface area (Å²) in [7, 11) is 0. The van der Waals surface area contributed by atoms with Crippen molar-refractivity contribution >= 4 is 17.3 Å². The van der Waals surface area contributed by atoms with Crippen LogP contribution in [0.25, 0.3) is 11.4 Å². The summed E-state index contributed by atoms with van der Waals surface area (Å²) in [6.45, 7) is 0. The van der Waals surface area contributed by atoms with E-state index >= 15 is 0 Å². The van der Waals surface area contributed by atoms with Crippen LogP contribution in [0.1, 0.15) is 0 Å². The molecule has 0 aromatic carbocycles. The molecule has 5 heteroatoms. The maximum atomic E-state index is 5.72. The Bertz CT molecular complexity index is 415. The molecule has 0 aliphatic rings. The van der Waals surface area contributed by atoms with E-state index in [9.17, 15) is 0 Å². The Morgan fingerprint density at radius 1 is 1.07 bits per heavy atom. The Hall–Kier alpha value is -1.68. The monoisotopic (exact) mass is 206 g/mol. The van der Waals surface area contributed by atoms with Gasteiger partial charge >= 0.3 is 0 Å². The van der Waals surface area contributed by atoms with Crippen LogP contribution in [0.5, 0.6) is 0 Å². The second kappa shape index (κ2) is 3.59. The molecule has 2 aromatic heterocycles. The Kier molecular flexibility index (Phi) is 2.28. The zero-order valence-electron chi connectivity index (χ0n) is 7.18. The van der Waals surface area contributed by atoms with E-state index in [1.54, 1.807) is 24.4 Å². The lowest BCUT2D eigenvalue weighted by atomic mass is 10.2. The molecule has 0 aliphatic carbocycles. The quantitative estimate of drug-likeness (QED) is 0.723. The van der Waals surface area contributed by atoms with Crippen LogP contribution in [0.2, 0.25) is 5.15 Å². The maximum Gasteiger partial charge on any atom is 0.133 e. The summed E-state index contributed by atoms with van der Waals surface area (Å²) in [4.78, 5) is 11.9. The van der Waals surface area contributed by atoms with Crippen molar-refractivity contribution in [3.05, 3.63) is 35.9 Å². The number of halogens is 1. The lowest BCUT2D eigenvalue weighted by Gasteiger charge is -2.00. The summed E-state index contributed by atoms with van der Waals surface area (Å²) < 4.78 is 0. The molecule has 0 spiro atoms. The first kappa shape index (κ1) is 8.90. The van der Waals surface area contributed by atoms with Gasteiger partial charge in [-0.25, -0.2) is 9.97 Å². The van der Waals surface area contributed by atoms with Gasteiger partial charge in [-0.15, -0.1) is 0 Å². The fourth-order valence-electron chi connectivity index (χ4n) is 1.06. The van der Waals surface area contributed by atoms with Crippen LogP contribution in [0.3, 0.4) is 0 Å². The van der Waals surface area contributed by atoms with Crippen LogP contribution < -0.4 is 5.73 Å². The van der Waals surface area contributed by atoms with Crippen LogP contribution in [0.15, 0.2) is 30.7 Å². The molecule has 0 fully saturated rings. The molecule has 0 bridgehead atoms. The van der Waals surface area contributed by atoms with Gasteiger partial charge in [0.1, 0.15) is 11.5 Å². The lowest BCUT2D eigenvalue weighted by Crippen LogP contribution is -1.91. The molecule has 0 atom stereocenters. The van der Waals surface area contributed by atoms with Crippen molar-refractivity contribution in [1.29, 1.82) is 0 Å². The molecule has 0 aliphatic heterocycles. The lowest BCUT2D eigenvalue weighted by molar-refractivity contribution is 1.15. The number of nitrogen functional groups attached to an aromatic ring is 1. The van der Waals surface area contributed by atoms with E-state index in [-0.39, 0.29) is 0 Å². The Labute approximate surface area is 85.8 Å². The van der Waals surface area contributed by atoms with Crippen LogP contribution in [-0.2, 0) is 0 Å². The minimum Gasteiger partial charge on any atom is -0.399 e. The van der Waals surface area contributed by atoms with E-state index in [1.807, 2.05) is 0 Å². The van der Waals surface area contributed by atoms with Gasteiger partial charge in [-0.3, -0.25) is 4.98 Å². The predicted molar refractivity (Wildman–Crippen MR) is 54.7 cm³/mol. The third kappa shape index (κ3) is 1.80. The van der Waals surface area contributed by atoms with E-state index in [2.05, 4.69) is 15.0 Å². The van der Waals surface area contributed by atoms with Crippen LogP contribution in [0, 0.1) is 0 Å². The van der Waals surface area contributed by atoms with Gasteiger partial charge in [0.25, 0.3) is 0 Å². The largest absolute Gasteiger partial charge is 0.399 e. The molecule has 0 saturated carbocycles. The van der Waals surface area contributed by atoms with Crippen molar-refractivity contribution in [1.82, 2.24) is 15.0 Å². The number of rotatable bonds is 1. The number of hydrogen-bond acceptors (Lipinski definition) is 4. The molecule has 2 aromatic rings. The maximum absolute atomic E-state index is 5.72. The summed E-state index contributed by atoms with van der Waals surface area (Å²) in [5.41, 5.74) is 7.61. The average Bonchev–Trinajstić information content (AvgIpc) is 2.18. The zero-order valence-corrected chi connectivity index (χ0v) is 7.94. The fourth-order valence-corrected chi connectivity index (χ4v) is 1.21. The SMILES string of the molecule is Nc1ccnc(-c2cc(Cl)ncn2)c1. The van der Waals surface area contributed by atoms with Gasteiger partial charge in [0.15, 0.2) is 0 Å². The van der Waals surface area contributed by atoms with Crippen LogP contribution in [-0.4, -0.2) is 15.0 Å². The van der Waals surface area contributed by atoms with Crippen LogP contribution in [0.4, 0.5) is 5.69 Å². The first-order valence-electron chi connectivity index (χ1n) is 3.95. The Morgan fingerprint density at radius 2 is 1.86 bits per heavy atom. The molecule has 0 amide bonds. The molecule has 14 heavy (non-hydrogen) atoms. The highest BCUT2D eigenvalue weighted by Crippen LogP contribution is 2.17. The number of pyridine rings is 1. The Balaban J connectivity index is 2.49. The molecule has 0 unspecified atom stereocenters. The van der Waals surface area contributed by atoms with Gasteiger partial charge in [-0.2, -0.15) is 0 Å². The van der Waals surface area contributed by atoms with Crippen molar-refractivity contribution in [3.8, 4) is 11.4 Å². The number of anilines is 1. The second-order valence-corrected chi connectivity index (χ2v) is 3.09. The van der Waals surface area contributed by atoms with Crippen molar-refractivity contribution in [3.63, 3.8) is 0 Å². The summed E-state index contributed by atoms with van der Waals surface area (Å²) in [6, 6.07) is 5.09. The van der Waals surface area contributed by atoms with E-state index in [1.165, 1.54) is 6.33 Å². The highest BCUT2D eigenvalue weighted by molar-refractivity contribution is 6.29. The van der Waals surface area contributed by atoms with Crippen LogP contribution >= 0.6 is 11.6 Å². The first-order chi connectivity index (χ1) is 6.75. The van der Waals surface area contributed by atoms with E-state index in [0.717, 1.165) is 0 Å². The summed E-state index contributed by atoms with van der Waals surface area (Å²) in [5.74, 6) is 0. The second-order valence-electron chi connectivity index (χ2n) is 2.70. The molecular formula is C9H7ClN4. The molecule has 2 N–H and O–H groups in total. The van der Waals surface area contributed by atoms with E-state index in [4.69, 9.17) is 17.3 Å². The van der Waals surface area contributed by atoms with Gasteiger partial charge in [0, 0.05) is 18.0 Å².